The van der Waals surface area contributed by atoms with Crippen molar-refractivity contribution in [3.63, 3.8) is 0 Å². The molecule has 2 nitrogen and oxygen atoms in total. The number of rotatable bonds is 5. The molecule has 3 heteroatoms. The highest BCUT2D eigenvalue weighted by Crippen LogP contribution is 2.32. The summed E-state index contributed by atoms with van der Waals surface area (Å²) in [4.78, 5) is 0. The number of hydrogen-bond acceptors (Lipinski definition) is 2. The largest absolute Gasteiger partial charge is 0.401 e. The summed E-state index contributed by atoms with van der Waals surface area (Å²) in [7, 11) is -2.66. The molecule has 1 aliphatic heterocycles. The van der Waals surface area contributed by atoms with Crippen LogP contribution in [0.4, 0.5) is 0 Å². The molecule has 0 aliphatic carbocycles. The fourth-order valence-corrected chi connectivity index (χ4v) is 9.35. The standard InChI is InChI=1S/C27H33NOSi/c1-26(2)20-22(21-27(3,4)28-26)29-30(23-14-8-5-9-15-23,24-16-10-6-11-17-24)25-18-12-7-13-19-25/h5-19,22,28H,20-21H2,1-4H3. The third-order valence-corrected chi connectivity index (χ3v) is 10.2. The van der Waals surface area contributed by atoms with Crippen LogP contribution >= 0.6 is 0 Å². The molecule has 0 spiro atoms. The van der Waals surface area contributed by atoms with Crippen LogP contribution < -0.4 is 20.9 Å². The fraction of sp³-hybridized carbons (Fsp3) is 0.333. The van der Waals surface area contributed by atoms with Gasteiger partial charge in [0.2, 0.25) is 0 Å². The molecule has 1 fully saturated rings. The molecule has 0 unspecified atom stereocenters. The molecular formula is C27H33NOSi. The van der Waals surface area contributed by atoms with E-state index in [1.807, 2.05) is 0 Å². The van der Waals surface area contributed by atoms with E-state index in [9.17, 15) is 0 Å². The quantitative estimate of drug-likeness (QED) is 0.503. The third-order valence-electron chi connectivity index (χ3n) is 6.04. The van der Waals surface area contributed by atoms with Gasteiger partial charge in [-0.25, -0.2) is 0 Å². The highest BCUT2D eigenvalue weighted by molar-refractivity contribution is 7.07. The zero-order valence-electron chi connectivity index (χ0n) is 18.6. The van der Waals surface area contributed by atoms with Crippen molar-refractivity contribution >= 4 is 23.9 Å². The van der Waals surface area contributed by atoms with Gasteiger partial charge in [-0.15, -0.1) is 0 Å². The molecule has 156 valence electrons. The zero-order chi connectivity index (χ0) is 21.2. The maximum absolute atomic E-state index is 7.41. The molecule has 4 rings (SSSR count). The molecule has 30 heavy (non-hydrogen) atoms. The molecule has 0 bridgehead atoms. The Hall–Kier alpha value is -2.20. The Bertz CT molecular complexity index is 841. The SMILES string of the molecule is CC1(C)CC(O[Si](c2ccccc2)(c2ccccc2)c2ccccc2)CC(C)(C)N1. The van der Waals surface area contributed by atoms with Crippen LogP contribution in [0.15, 0.2) is 91.0 Å². The van der Waals surface area contributed by atoms with Gasteiger partial charge in [-0.3, -0.25) is 0 Å². The number of piperidine rings is 1. The van der Waals surface area contributed by atoms with E-state index >= 15 is 0 Å². The summed E-state index contributed by atoms with van der Waals surface area (Å²) >= 11 is 0. The van der Waals surface area contributed by atoms with E-state index in [2.05, 4.69) is 124 Å². The molecule has 0 aromatic heterocycles. The van der Waals surface area contributed by atoms with Crippen molar-refractivity contribution in [1.82, 2.24) is 5.32 Å². The summed E-state index contributed by atoms with van der Waals surface area (Å²) in [5, 5.41) is 7.71. The van der Waals surface area contributed by atoms with E-state index in [1.54, 1.807) is 0 Å². The van der Waals surface area contributed by atoms with Gasteiger partial charge in [0.25, 0.3) is 8.32 Å². The lowest BCUT2D eigenvalue weighted by molar-refractivity contribution is 0.0545. The summed E-state index contributed by atoms with van der Waals surface area (Å²) in [5.41, 5.74) is 0.0766. The van der Waals surface area contributed by atoms with Gasteiger partial charge in [0.1, 0.15) is 0 Å². The number of nitrogens with one attached hydrogen (secondary N) is 1. The monoisotopic (exact) mass is 415 g/mol. The lowest BCUT2D eigenvalue weighted by atomic mass is 9.81. The first-order chi connectivity index (χ1) is 14.3. The molecule has 1 heterocycles. The average Bonchev–Trinajstić information content (AvgIpc) is 2.72. The van der Waals surface area contributed by atoms with Crippen molar-refractivity contribution in [3.8, 4) is 0 Å². The first-order valence-electron chi connectivity index (χ1n) is 10.9. The molecule has 0 amide bonds. The smallest absolute Gasteiger partial charge is 0.288 e. The molecule has 1 N–H and O–H groups in total. The molecule has 3 aromatic carbocycles. The minimum atomic E-state index is -2.66. The van der Waals surface area contributed by atoms with Crippen LogP contribution in [0.1, 0.15) is 40.5 Å². The Kier molecular flexibility index (Phi) is 5.71. The highest BCUT2D eigenvalue weighted by atomic mass is 28.4. The molecular weight excluding hydrogens is 382 g/mol. The van der Waals surface area contributed by atoms with Crippen molar-refractivity contribution in [1.29, 1.82) is 0 Å². The molecule has 0 saturated carbocycles. The second-order valence-corrected chi connectivity index (χ2v) is 13.2. The summed E-state index contributed by atoms with van der Waals surface area (Å²) in [5.74, 6) is 0. The first kappa shape index (κ1) is 21.0. The van der Waals surface area contributed by atoms with Gasteiger partial charge in [0, 0.05) is 17.2 Å². The van der Waals surface area contributed by atoms with Crippen LogP contribution in [0.25, 0.3) is 0 Å². The van der Waals surface area contributed by atoms with E-state index < -0.39 is 8.32 Å². The highest BCUT2D eigenvalue weighted by Gasteiger charge is 2.47. The normalized spacial score (nSPS) is 18.8. The van der Waals surface area contributed by atoms with Crippen molar-refractivity contribution in [2.24, 2.45) is 0 Å². The maximum atomic E-state index is 7.41. The van der Waals surface area contributed by atoms with Crippen LogP contribution in [-0.4, -0.2) is 25.5 Å². The first-order valence-corrected chi connectivity index (χ1v) is 12.9. The lowest BCUT2D eigenvalue weighted by Crippen LogP contribution is -2.72. The fourth-order valence-electron chi connectivity index (χ4n) is 5.28. The van der Waals surface area contributed by atoms with E-state index in [0.29, 0.717) is 0 Å². The Morgan fingerprint density at radius 1 is 0.633 bits per heavy atom. The predicted molar refractivity (Wildman–Crippen MR) is 129 cm³/mol. The zero-order valence-corrected chi connectivity index (χ0v) is 19.6. The Morgan fingerprint density at radius 3 is 1.30 bits per heavy atom. The van der Waals surface area contributed by atoms with E-state index in [0.717, 1.165) is 12.8 Å². The lowest BCUT2D eigenvalue weighted by Gasteiger charge is -2.49. The van der Waals surface area contributed by atoms with Crippen LogP contribution in [-0.2, 0) is 4.43 Å². The molecule has 1 aliphatic rings. The number of hydrogen-bond donors (Lipinski definition) is 1. The van der Waals surface area contributed by atoms with Crippen molar-refractivity contribution < 1.29 is 4.43 Å². The van der Waals surface area contributed by atoms with E-state index in [4.69, 9.17) is 4.43 Å². The number of benzene rings is 3. The second-order valence-electron chi connectivity index (χ2n) is 9.82. The van der Waals surface area contributed by atoms with E-state index in [-0.39, 0.29) is 17.2 Å². The summed E-state index contributed by atoms with van der Waals surface area (Å²) in [6, 6.07) is 32.6. The summed E-state index contributed by atoms with van der Waals surface area (Å²) in [6.07, 6.45) is 2.18. The van der Waals surface area contributed by atoms with Crippen LogP contribution in [0, 0.1) is 0 Å². The van der Waals surface area contributed by atoms with Crippen molar-refractivity contribution in [3.05, 3.63) is 91.0 Å². The van der Waals surface area contributed by atoms with Gasteiger partial charge in [0.05, 0.1) is 0 Å². The van der Waals surface area contributed by atoms with Gasteiger partial charge >= 0.3 is 0 Å². The van der Waals surface area contributed by atoms with Gasteiger partial charge in [-0.1, -0.05) is 91.0 Å². The summed E-state index contributed by atoms with van der Waals surface area (Å²) in [6.45, 7) is 9.17. The average molecular weight is 416 g/mol. The van der Waals surface area contributed by atoms with Crippen LogP contribution in [0.5, 0.6) is 0 Å². The Labute approximate surface area is 182 Å². The topological polar surface area (TPSA) is 21.3 Å². The minimum Gasteiger partial charge on any atom is -0.401 e. The van der Waals surface area contributed by atoms with Gasteiger partial charge < -0.3 is 9.74 Å². The van der Waals surface area contributed by atoms with Crippen LogP contribution in [0.3, 0.4) is 0 Å². The molecule has 0 radical (unpaired) electrons. The molecule has 0 atom stereocenters. The Morgan fingerprint density at radius 2 is 0.967 bits per heavy atom. The minimum absolute atomic E-state index is 0.0383. The molecule has 3 aromatic rings. The Balaban J connectivity index is 1.89. The second kappa shape index (κ2) is 8.14. The van der Waals surface area contributed by atoms with Crippen LogP contribution in [0.2, 0.25) is 0 Å². The van der Waals surface area contributed by atoms with Gasteiger partial charge in [-0.2, -0.15) is 0 Å². The van der Waals surface area contributed by atoms with E-state index in [1.165, 1.54) is 15.6 Å². The third kappa shape index (κ3) is 4.29. The summed E-state index contributed by atoms with van der Waals surface area (Å²) < 4.78 is 7.41. The maximum Gasteiger partial charge on any atom is 0.288 e. The van der Waals surface area contributed by atoms with Crippen molar-refractivity contribution in [2.45, 2.75) is 57.7 Å². The van der Waals surface area contributed by atoms with Gasteiger partial charge in [-0.05, 0) is 56.1 Å². The van der Waals surface area contributed by atoms with Crippen molar-refractivity contribution in [2.75, 3.05) is 0 Å². The predicted octanol–water partition coefficient (Wildman–Crippen LogP) is 3.98. The van der Waals surface area contributed by atoms with Gasteiger partial charge in [0.15, 0.2) is 0 Å². The molecule has 1 saturated heterocycles.